The van der Waals surface area contributed by atoms with E-state index in [-0.39, 0.29) is 29.5 Å². The van der Waals surface area contributed by atoms with E-state index in [4.69, 9.17) is 4.74 Å². The highest BCUT2D eigenvalue weighted by atomic mass is 16.6. The Morgan fingerprint density at radius 3 is 2.15 bits per heavy atom. The molecule has 0 saturated carbocycles. The summed E-state index contributed by atoms with van der Waals surface area (Å²) < 4.78 is 5.35. The maximum atomic E-state index is 13.8. The summed E-state index contributed by atoms with van der Waals surface area (Å²) in [6, 6.07) is 2.96. The molecule has 3 N–H and O–H groups in total. The zero-order valence-electron chi connectivity index (χ0n) is 21.5. The minimum atomic E-state index is -0.916. The van der Waals surface area contributed by atoms with Gasteiger partial charge in [0.15, 0.2) is 0 Å². The van der Waals surface area contributed by atoms with Gasteiger partial charge in [0.1, 0.15) is 23.4 Å². The van der Waals surface area contributed by atoms with Crippen molar-refractivity contribution in [3.8, 4) is 5.75 Å². The Morgan fingerprint density at radius 2 is 1.70 bits per heavy atom. The summed E-state index contributed by atoms with van der Waals surface area (Å²) in [6.45, 7) is 16.6. The Bertz CT molecular complexity index is 830. The Balaban J connectivity index is 3.44. The number of alkyl carbamates (subject to hydrolysis) is 1. The maximum Gasteiger partial charge on any atom is 0.408 e. The van der Waals surface area contributed by atoms with Crippen molar-refractivity contribution in [3.63, 3.8) is 0 Å². The summed E-state index contributed by atoms with van der Waals surface area (Å²) >= 11 is 0. The fraction of sp³-hybridized carbons (Fsp3) is 0.640. The molecule has 0 aliphatic carbocycles. The number of hydrogen-bond acceptors (Lipinski definition) is 5. The van der Waals surface area contributed by atoms with Crippen molar-refractivity contribution in [3.05, 3.63) is 29.3 Å². The second kappa shape index (κ2) is 11.9. The molecule has 1 aromatic carbocycles. The SMILES string of the molecule is CCCN(C(=O)C(NC(=O)OC(C)(C)C)C(C)C)C(C(=O)NC(C)C)c1ccc(O)c(C)c1. The lowest BCUT2D eigenvalue weighted by molar-refractivity contribution is -0.143. The lowest BCUT2D eigenvalue weighted by Crippen LogP contribution is -2.55. The Labute approximate surface area is 198 Å². The first kappa shape index (κ1) is 28.3. The minimum absolute atomic E-state index is 0.113. The molecular weight excluding hydrogens is 422 g/mol. The van der Waals surface area contributed by atoms with Crippen LogP contribution in [0, 0.1) is 12.8 Å². The van der Waals surface area contributed by atoms with E-state index in [1.54, 1.807) is 39.8 Å². The van der Waals surface area contributed by atoms with Crippen molar-refractivity contribution in [2.45, 2.75) is 92.5 Å². The first-order chi connectivity index (χ1) is 15.2. The van der Waals surface area contributed by atoms with Gasteiger partial charge in [-0.05, 0) is 77.1 Å². The van der Waals surface area contributed by atoms with Gasteiger partial charge < -0.3 is 25.4 Å². The van der Waals surface area contributed by atoms with Crippen molar-refractivity contribution in [2.75, 3.05) is 6.54 Å². The number of ether oxygens (including phenoxy) is 1. The van der Waals surface area contributed by atoms with Crippen LogP contribution < -0.4 is 10.6 Å². The lowest BCUT2D eigenvalue weighted by atomic mass is 9.97. The quantitative estimate of drug-likeness (QED) is 0.512. The number of aromatic hydroxyl groups is 1. The molecule has 0 aliphatic heterocycles. The van der Waals surface area contributed by atoms with Gasteiger partial charge in [0.25, 0.3) is 0 Å². The molecule has 0 radical (unpaired) electrons. The fourth-order valence-electron chi connectivity index (χ4n) is 3.42. The number of rotatable bonds is 9. The summed E-state index contributed by atoms with van der Waals surface area (Å²) in [5.74, 6) is -0.814. The maximum absolute atomic E-state index is 13.8. The number of benzene rings is 1. The summed E-state index contributed by atoms with van der Waals surface area (Å²) in [7, 11) is 0. The van der Waals surface area contributed by atoms with Crippen LogP contribution in [0.15, 0.2) is 18.2 Å². The third-order valence-corrected chi connectivity index (χ3v) is 4.88. The molecule has 186 valence electrons. The van der Waals surface area contributed by atoms with Crippen LogP contribution in [0.1, 0.15) is 79.0 Å². The number of carbonyl (C=O) groups excluding carboxylic acids is 3. The van der Waals surface area contributed by atoms with Crippen LogP contribution in [0.4, 0.5) is 4.79 Å². The minimum Gasteiger partial charge on any atom is -0.508 e. The van der Waals surface area contributed by atoms with Gasteiger partial charge in [-0.15, -0.1) is 0 Å². The highest BCUT2D eigenvalue weighted by Gasteiger charge is 2.37. The zero-order chi connectivity index (χ0) is 25.5. The van der Waals surface area contributed by atoms with E-state index in [9.17, 15) is 19.5 Å². The van der Waals surface area contributed by atoms with Crippen molar-refractivity contribution >= 4 is 17.9 Å². The molecular formula is C25H41N3O5. The Kier molecular flexibility index (Phi) is 10.2. The average molecular weight is 464 g/mol. The predicted octanol–water partition coefficient (Wildman–Crippen LogP) is 4.05. The van der Waals surface area contributed by atoms with Crippen LogP contribution in [0.5, 0.6) is 5.75 Å². The van der Waals surface area contributed by atoms with E-state index in [0.29, 0.717) is 24.1 Å². The van der Waals surface area contributed by atoms with Crippen LogP contribution in [0.3, 0.4) is 0 Å². The van der Waals surface area contributed by atoms with E-state index in [1.165, 1.54) is 11.0 Å². The molecule has 3 amide bonds. The van der Waals surface area contributed by atoms with Crippen LogP contribution in [-0.4, -0.2) is 52.1 Å². The fourth-order valence-corrected chi connectivity index (χ4v) is 3.42. The molecule has 0 spiro atoms. The summed E-state index contributed by atoms with van der Waals surface area (Å²) in [5, 5.41) is 15.6. The van der Waals surface area contributed by atoms with E-state index in [0.717, 1.165) is 0 Å². The lowest BCUT2D eigenvalue weighted by Gasteiger charge is -2.36. The number of phenolic OH excluding ortho intramolecular Hbond substituents is 1. The van der Waals surface area contributed by atoms with Crippen molar-refractivity contribution in [2.24, 2.45) is 5.92 Å². The monoisotopic (exact) mass is 463 g/mol. The highest BCUT2D eigenvalue weighted by Crippen LogP contribution is 2.28. The first-order valence-corrected chi connectivity index (χ1v) is 11.6. The molecule has 0 saturated heterocycles. The van der Waals surface area contributed by atoms with Crippen LogP contribution in [-0.2, 0) is 14.3 Å². The van der Waals surface area contributed by atoms with Gasteiger partial charge in [-0.3, -0.25) is 9.59 Å². The molecule has 8 heteroatoms. The molecule has 1 aromatic rings. The summed E-state index contributed by atoms with van der Waals surface area (Å²) in [6.07, 6.45) is -0.0689. The number of nitrogens with zero attached hydrogens (tertiary/aromatic N) is 1. The van der Waals surface area contributed by atoms with E-state index >= 15 is 0 Å². The molecule has 1 rings (SSSR count). The van der Waals surface area contributed by atoms with Crippen molar-refractivity contribution in [1.82, 2.24) is 15.5 Å². The van der Waals surface area contributed by atoms with Crippen LogP contribution in [0.2, 0.25) is 0 Å². The van der Waals surface area contributed by atoms with Gasteiger partial charge in [-0.2, -0.15) is 0 Å². The number of hydrogen-bond donors (Lipinski definition) is 3. The summed E-state index contributed by atoms with van der Waals surface area (Å²) in [4.78, 5) is 41.0. The molecule has 2 unspecified atom stereocenters. The molecule has 0 fully saturated rings. The zero-order valence-corrected chi connectivity index (χ0v) is 21.5. The van der Waals surface area contributed by atoms with Gasteiger partial charge >= 0.3 is 6.09 Å². The topological polar surface area (TPSA) is 108 Å². The molecule has 2 atom stereocenters. The molecule has 0 bridgehead atoms. The van der Waals surface area contributed by atoms with Crippen LogP contribution >= 0.6 is 0 Å². The normalized spacial score (nSPS) is 13.4. The molecule has 0 aliphatic rings. The molecule has 33 heavy (non-hydrogen) atoms. The Hall–Kier alpha value is -2.77. The van der Waals surface area contributed by atoms with Gasteiger partial charge in [-0.1, -0.05) is 26.8 Å². The van der Waals surface area contributed by atoms with Crippen molar-refractivity contribution in [1.29, 1.82) is 0 Å². The molecule has 0 heterocycles. The smallest absolute Gasteiger partial charge is 0.408 e. The third kappa shape index (κ3) is 8.59. The van der Waals surface area contributed by atoms with E-state index < -0.39 is 23.8 Å². The predicted molar refractivity (Wildman–Crippen MR) is 129 cm³/mol. The number of carbonyl (C=O) groups is 3. The van der Waals surface area contributed by atoms with E-state index in [2.05, 4.69) is 10.6 Å². The number of phenols is 1. The number of nitrogens with one attached hydrogen (secondary N) is 2. The highest BCUT2D eigenvalue weighted by molar-refractivity contribution is 5.92. The second-order valence-electron chi connectivity index (χ2n) is 10.0. The number of amides is 3. The van der Waals surface area contributed by atoms with Gasteiger partial charge in [0.2, 0.25) is 11.8 Å². The second-order valence-corrected chi connectivity index (χ2v) is 10.0. The van der Waals surface area contributed by atoms with Gasteiger partial charge in [0.05, 0.1) is 0 Å². The number of aryl methyl sites for hydroxylation is 1. The van der Waals surface area contributed by atoms with Crippen molar-refractivity contribution < 1.29 is 24.2 Å². The molecule has 0 aromatic heterocycles. The Morgan fingerprint density at radius 1 is 1.09 bits per heavy atom. The average Bonchev–Trinajstić information content (AvgIpc) is 2.65. The standard InChI is InChI=1S/C25H41N3O5/c1-10-13-28(23(31)20(15(2)3)27-24(32)33-25(7,8)9)21(22(30)26-16(4)5)18-11-12-19(29)17(6)14-18/h11-12,14-16,20-21,29H,10,13H2,1-9H3,(H,26,30)(H,27,32). The van der Waals surface area contributed by atoms with Crippen LogP contribution in [0.25, 0.3) is 0 Å². The van der Waals surface area contributed by atoms with E-state index in [1.807, 2.05) is 34.6 Å². The molecule has 8 nitrogen and oxygen atoms in total. The van der Waals surface area contributed by atoms with Gasteiger partial charge in [0, 0.05) is 12.6 Å². The first-order valence-electron chi connectivity index (χ1n) is 11.6. The summed E-state index contributed by atoms with van der Waals surface area (Å²) in [5.41, 5.74) is 0.483. The largest absolute Gasteiger partial charge is 0.508 e. The third-order valence-electron chi connectivity index (χ3n) is 4.88. The van der Waals surface area contributed by atoms with Gasteiger partial charge in [-0.25, -0.2) is 4.79 Å².